The van der Waals surface area contributed by atoms with Crippen LogP contribution in [0.3, 0.4) is 0 Å². The minimum Gasteiger partial charge on any atom is -0.392 e. The smallest absolute Gasteiger partial charge is 0.123 e. The Kier molecular flexibility index (Phi) is 5.57. The maximum Gasteiger partial charge on any atom is 0.123 e. The molecule has 0 saturated heterocycles. The number of aliphatic hydroxyl groups is 1. The van der Waals surface area contributed by atoms with Gasteiger partial charge in [0.05, 0.1) is 6.10 Å². The predicted octanol–water partition coefficient (Wildman–Crippen LogP) is 3.37. The van der Waals surface area contributed by atoms with Gasteiger partial charge in [0.1, 0.15) is 5.82 Å². The molecule has 0 heterocycles. The normalized spacial score (nSPS) is 13.7. The number of rotatable bonds is 5. The highest BCUT2D eigenvalue weighted by molar-refractivity contribution is 6.31. The van der Waals surface area contributed by atoms with Crippen LogP contribution >= 0.6 is 11.6 Å². The third-order valence-corrected chi connectivity index (χ3v) is 2.92. The molecule has 1 aromatic rings. The molecule has 0 fully saturated rings. The Morgan fingerprint density at radius 1 is 1.39 bits per heavy atom. The van der Waals surface area contributed by atoms with Gasteiger partial charge in [0.25, 0.3) is 0 Å². The SMILES string of the molecule is CC(C)(C)CC(O)CNCc1cc(F)ccc1Cl. The summed E-state index contributed by atoms with van der Waals surface area (Å²) >= 11 is 5.95. The Hall–Kier alpha value is -0.640. The molecule has 0 spiro atoms. The van der Waals surface area contributed by atoms with Gasteiger partial charge in [-0.3, -0.25) is 0 Å². The van der Waals surface area contributed by atoms with Crippen LogP contribution in [0.15, 0.2) is 18.2 Å². The number of benzene rings is 1. The van der Waals surface area contributed by atoms with Crippen LogP contribution in [0.4, 0.5) is 4.39 Å². The maximum atomic E-state index is 13.0. The monoisotopic (exact) mass is 273 g/mol. The van der Waals surface area contributed by atoms with Crippen molar-refractivity contribution in [1.82, 2.24) is 5.32 Å². The predicted molar refractivity (Wildman–Crippen MR) is 73.2 cm³/mol. The fraction of sp³-hybridized carbons (Fsp3) is 0.571. The Balaban J connectivity index is 2.40. The van der Waals surface area contributed by atoms with E-state index >= 15 is 0 Å². The van der Waals surface area contributed by atoms with Gasteiger partial charge < -0.3 is 10.4 Å². The lowest BCUT2D eigenvalue weighted by Gasteiger charge is -2.22. The molecule has 102 valence electrons. The molecule has 2 N–H and O–H groups in total. The number of aliphatic hydroxyl groups excluding tert-OH is 1. The average molecular weight is 274 g/mol. The molecule has 0 aliphatic carbocycles. The third kappa shape index (κ3) is 5.80. The quantitative estimate of drug-likeness (QED) is 0.862. The minimum atomic E-state index is -0.405. The summed E-state index contributed by atoms with van der Waals surface area (Å²) in [5.74, 6) is -0.300. The van der Waals surface area contributed by atoms with Crippen LogP contribution in [0.5, 0.6) is 0 Å². The molecule has 1 aromatic carbocycles. The maximum absolute atomic E-state index is 13.0. The van der Waals surface area contributed by atoms with E-state index in [0.717, 1.165) is 6.42 Å². The van der Waals surface area contributed by atoms with E-state index in [9.17, 15) is 9.50 Å². The summed E-state index contributed by atoms with van der Waals surface area (Å²) in [6.07, 6.45) is 0.314. The fourth-order valence-electron chi connectivity index (χ4n) is 1.83. The highest BCUT2D eigenvalue weighted by Gasteiger charge is 2.16. The first kappa shape index (κ1) is 15.4. The summed E-state index contributed by atoms with van der Waals surface area (Å²) in [6, 6.07) is 4.28. The van der Waals surface area contributed by atoms with Gasteiger partial charge in [0.15, 0.2) is 0 Å². The van der Waals surface area contributed by atoms with E-state index < -0.39 is 6.10 Å². The zero-order chi connectivity index (χ0) is 13.8. The lowest BCUT2D eigenvalue weighted by molar-refractivity contribution is 0.119. The number of nitrogens with one attached hydrogen (secondary N) is 1. The molecule has 0 aromatic heterocycles. The molecule has 0 amide bonds. The van der Waals surface area contributed by atoms with Crippen molar-refractivity contribution in [3.63, 3.8) is 0 Å². The molecule has 1 unspecified atom stereocenters. The van der Waals surface area contributed by atoms with Crippen molar-refractivity contribution in [1.29, 1.82) is 0 Å². The van der Waals surface area contributed by atoms with Gasteiger partial charge in [0, 0.05) is 18.1 Å². The van der Waals surface area contributed by atoms with E-state index in [1.807, 2.05) is 0 Å². The highest BCUT2D eigenvalue weighted by atomic mass is 35.5. The lowest BCUT2D eigenvalue weighted by Crippen LogP contribution is -2.29. The second-order valence-electron chi connectivity index (χ2n) is 5.79. The van der Waals surface area contributed by atoms with E-state index in [0.29, 0.717) is 23.7 Å². The molecule has 1 atom stereocenters. The summed E-state index contributed by atoms with van der Waals surface area (Å²) in [5.41, 5.74) is 0.803. The van der Waals surface area contributed by atoms with Gasteiger partial charge >= 0.3 is 0 Å². The highest BCUT2D eigenvalue weighted by Crippen LogP contribution is 2.20. The van der Waals surface area contributed by atoms with Crippen LogP contribution < -0.4 is 5.32 Å². The summed E-state index contributed by atoms with van der Waals surface area (Å²) in [6.45, 7) is 7.18. The van der Waals surface area contributed by atoms with Gasteiger partial charge in [-0.2, -0.15) is 0 Å². The van der Waals surface area contributed by atoms with Gasteiger partial charge in [-0.25, -0.2) is 4.39 Å². The van der Waals surface area contributed by atoms with Crippen molar-refractivity contribution in [3.05, 3.63) is 34.6 Å². The minimum absolute atomic E-state index is 0.0948. The standard InChI is InChI=1S/C14H21ClFNO/c1-14(2,3)7-12(18)9-17-8-10-6-11(16)4-5-13(10)15/h4-6,12,17-18H,7-9H2,1-3H3. The summed E-state index contributed by atoms with van der Waals surface area (Å²) in [4.78, 5) is 0. The molecule has 18 heavy (non-hydrogen) atoms. The van der Waals surface area contributed by atoms with Gasteiger partial charge in [-0.15, -0.1) is 0 Å². The van der Waals surface area contributed by atoms with Gasteiger partial charge in [-0.05, 0) is 35.6 Å². The van der Waals surface area contributed by atoms with Crippen molar-refractivity contribution in [3.8, 4) is 0 Å². The second kappa shape index (κ2) is 6.50. The summed E-state index contributed by atoms with van der Waals surface area (Å²) < 4.78 is 13.0. The topological polar surface area (TPSA) is 32.3 Å². The Morgan fingerprint density at radius 3 is 2.67 bits per heavy atom. The van der Waals surface area contributed by atoms with Crippen LogP contribution in [-0.2, 0) is 6.54 Å². The van der Waals surface area contributed by atoms with Crippen LogP contribution in [-0.4, -0.2) is 17.8 Å². The van der Waals surface area contributed by atoms with Crippen LogP contribution in [0.2, 0.25) is 5.02 Å². The molecule has 0 bridgehead atoms. The molecule has 2 nitrogen and oxygen atoms in total. The lowest BCUT2D eigenvalue weighted by atomic mass is 9.89. The molecule has 0 saturated carbocycles. The van der Waals surface area contributed by atoms with Crippen molar-refractivity contribution < 1.29 is 9.50 Å². The number of hydrogen-bond acceptors (Lipinski definition) is 2. The zero-order valence-electron chi connectivity index (χ0n) is 11.1. The van der Waals surface area contributed by atoms with E-state index in [-0.39, 0.29) is 11.2 Å². The van der Waals surface area contributed by atoms with E-state index in [2.05, 4.69) is 26.1 Å². The van der Waals surface area contributed by atoms with E-state index in [4.69, 9.17) is 11.6 Å². The van der Waals surface area contributed by atoms with Crippen molar-refractivity contribution in [2.75, 3.05) is 6.54 Å². The van der Waals surface area contributed by atoms with Crippen LogP contribution in [0.1, 0.15) is 32.8 Å². The zero-order valence-corrected chi connectivity index (χ0v) is 11.9. The molecule has 0 aliphatic rings. The molecule has 4 heteroatoms. The first-order valence-corrected chi connectivity index (χ1v) is 6.48. The third-order valence-electron chi connectivity index (χ3n) is 2.55. The number of halogens is 2. The molecular weight excluding hydrogens is 253 g/mol. The van der Waals surface area contributed by atoms with Gasteiger partial charge in [-0.1, -0.05) is 32.4 Å². The van der Waals surface area contributed by atoms with E-state index in [1.165, 1.54) is 12.1 Å². The first-order valence-electron chi connectivity index (χ1n) is 6.10. The van der Waals surface area contributed by atoms with Crippen molar-refractivity contribution in [2.45, 2.75) is 39.8 Å². The second-order valence-corrected chi connectivity index (χ2v) is 6.19. The van der Waals surface area contributed by atoms with Crippen LogP contribution in [0.25, 0.3) is 0 Å². The molecule has 1 rings (SSSR count). The molecule has 0 radical (unpaired) electrons. The fourth-order valence-corrected chi connectivity index (χ4v) is 2.02. The van der Waals surface area contributed by atoms with Crippen molar-refractivity contribution >= 4 is 11.6 Å². The van der Waals surface area contributed by atoms with E-state index in [1.54, 1.807) is 6.07 Å². The Labute approximate surface area is 113 Å². The molecular formula is C14H21ClFNO. The first-order chi connectivity index (χ1) is 8.28. The average Bonchev–Trinajstić information content (AvgIpc) is 2.20. The molecule has 0 aliphatic heterocycles. The van der Waals surface area contributed by atoms with Crippen LogP contribution in [0, 0.1) is 11.2 Å². The largest absolute Gasteiger partial charge is 0.392 e. The Bertz CT molecular complexity index is 390. The Morgan fingerprint density at radius 2 is 2.06 bits per heavy atom. The van der Waals surface area contributed by atoms with Gasteiger partial charge in [0.2, 0.25) is 0 Å². The summed E-state index contributed by atoms with van der Waals surface area (Å²) in [7, 11) is 0. The summed E-state index contributed by atoms with van der Waals surface area (Å²) in [5, 5.41) is 13.4. The van der Waals surface area contributed by atoms with Crippen molar-refractivity contribution in [2.24, 2.45) is 5.41 Å². The number of hydrogen-bond donors (Lipinski definition) is 2.